The van der Waals surface area contributed by atoms with Crippen molar-refractivity contribution in [2.24, 2.45) is 0 Å². The lowest BCUT2D eigenvalue weighted by atomic mass is 10.1. The van der Waals surface area contributed by atoms with Gasteiger partial charge >= 0.3 is 0 Å². The van der Waals surface area contributed by atoms with Crippen molar-refractivity contribution in [1.82, 2.24) is 24.6 Å². The van der Waals surface area contributed by atoms with Crippen molar-refractivity contribution in [1.29, 1.82) is 0 Å². The number of amides is 1. The Hall–Kier alpha value is -3.07. The van der Waals surface area contributed by atoms with Crippen molar-refractivity contribution in [3.8, 4) is 0 Å². The van der Waals surface area contributed by atoms with E-state index < -0.39 is 0 Å². The summed E-state index contributed by atoms with van der Waals surface area (Å²) in [7, 11) is 0. The summed E-state index contributed by atoms with van der Waals surface area (Å²) in [6.45, 7) is 7.11. The van der Waals surface area contributed by atoms with Crippen LogP contribution in [0.1, 0.15) is 37.3 Å². The van der Waals surface area contributed by atoms with Crippen LogP contribution in [0.15, 0.2) is 24.8 Å². The van der Waals surface area contributed by atoms with Crippen molar-refractivity contribution in [2.45, 2.75) is 46.1 Å². The summed E-state index contributed by atoms with van der Waals surface area (Å²) in [5, 5.41) is 7.44. The van der Waals surface area contributed by atoms with Crippen LogP contribution in [0, 0.1) is 13.8 Å². The van der Waals surface area contributed by atoms with Crippen LogP contribution in [0.5, 0.6) is 0 Å². The highest BCUT2D eigenvalue weighted by atomic mass is 16.5. The van der Waals surface area contributed by atoms with Crippen molar-refractivity contribution < 1.29 is 9.53 Å². The van der Waals surface area contributed by atoms with Gasteiger partial charge in [-0.05, 0) is 38.3 Å². The topological polar surface area (TPSA) is 97.5 Å². The van der Waals surface area contributed by atoms with Gasteiger partial charge in [-0.3, -0.25) is 9.69 Å². The number of nitrogens with one attached hydrogen (secondary N) is 1. The molecule has 1 saturated heterocycles. The van der Waals surface area contributed by atoms with Crippen molar-refractivity contribution in [2.75, 3.05) is 23.4 Å². The minimum Gasteiger partial charge on any atom is -0.381 e. The minimum absolute atomic E-state index is 0.0601. The second kappa shape index (κ2) is 8.12. The average Bonchev–Trinajstić information content (AvgIpc) is 3.18. The lowest BCUT2D eigenvalue weighted by Gasteiger charge is -2.34. The molecule has 9 nitrogen and oxygen atoms in total. The van der Waals surface area contributed by atoms with Crippen molar-refractivity contribution >= 4 is 29.0 Å². The third kappa shape index (κ3) is 3.91. The molecule has 0 radical (unpaired) electrons. The van der Waals surface area contributed by atoms with Crippen molar-refractivity contribution in [3.05, 3.63) is 35.9 Å². The Morgan fingerprint density at radius 1 is 1.28 bits per heavy atom. The molecule has 1 amide bonds. The van der Waals surface area contributed by atoms with Gasteiger partial charge in [-0.2, -0.15) is 10.1 Å². The number of carbonyl (C=O) groups is 1. The zero-order valence-corrected chi connectivity index (χ0v) is 16.9. The quantitative estimate of drug-likeness (QED) is 0.709. The molecule has 0 spiro atoms. The van der Waals surface area contributed by atoms with E-state index in [0.29, 0.717) is 31.4 Å². The average molecular weight is 395 g/mol. The maximum atomic E-state index is 12.8. The van der Waals surface area contributed by atoms with Crippen LogP contribution in [0.3, 0.4) is 0 Å². The summed E-state index contributed by atoms with van der Waals surface area (Å²) in [5.41, 5.74) is 3.48. The molecule has 4 rings (SSSR count). The number of nitrogens with zero attached hydrogens (tertiary/aromatic N) is 6. The highest BCUT2D eigenvalue weighted by Crippen LogP contribution is 2.27. The number of pyridine rings is 1. The van der Waals surface area contributed by atoms with E-state index in [9.17, 15) is 4.79 Å². The second-order valence-electron chi connectivity index (χ2n) is 7.22. The Bertz CT molecular complexity index is 1030. The maximum absolute atomic E-state index is 12.8. The van der Waals surface area contributed by atoms with E-state index in [1.54, 1.807) is 10.7 Å². The van der Waals surface area contributed by atoms with Crippen LogP contribution >= 0.6 is 0 Å². The summed E-state index contributed by atoms with van der Waals surface area (Å²) < 4.78 is 7.17. The monoisotopic (exact) mass is 395 g/mol. The van der Waals surface area contributed by atoms with Crippen LogP contribution in [0.2, 0.25) is 0 Å². The third-order valence-electron chi connectivity index (χ3n) is 5.17. The first-order valence-electron chi connectivity index (χ1n) is 9.87. The van der Waals surface area contributed by atoms with Crippen LogP contribution < -0.4 is 10.2 Å². The molecule has 1 aliphatic heterocycles. The zero-order valence-electron chi connectivity index (χ0n) is 16.9. The van der Waals surface area contributed by atoms with E-state index in [2.05, 4.69) is 20.4 Å². The van der Waals surface area contributed by atoms with Crippen LogP contribution in [-0.4, -0.2) is 49.7 Å². The maximum Gasteiger partial charge on any atom is 0.229 e. The zero-order chi connectivity index (χ0) is 20.4. The fourth-order valence-electron chi connectivity index (χ4n) is 3.55. The normalized spacial score (nSPS) is 14.9. The molecule has 0 unspecified atom stereocenters. The number of aromatic nitrogens is 5. The summed E-state index contributed by atoms with van der Waals surface area (Å²) in [5.74, 6) is 1.15. The first-order chi connectivity index (χ1) is 14.1. The number of aryl methyl sites for hydroxylation is 2. The first kappa shape index (κ1) is 19.3. The van der Waals surface area contributed by atoms with Crippen LogP contribution in [-0.2, 0) is 9.53 Å². The van der Waals surface area contributed by atoms with Gasteiger partial charge in [0, 0.05) is 37.4 Å². The van der Waals surface area contributed by atoms with Gasteiger partial charge in [0.15, 0.2) is 5.65 Å². The number of hydrogen-bond acceptors (Lipinski definition) is 7. The Morgan fingerprint density at radius 2 is 2.07 bits per heavy atom. The van der Waals surface area contributed by atoms with E-state index >= 15 is 0 Å². The molecule has 0 bridgehead atoms. The first-order valence-corrected chi connectivity index (χ1v) is 9.87. The Kier molecular flexibility index (Phi) is 5.39. The van der Waals surface area contributed by atoms with Gasteiger partial charge in [-0.1, -0.05) is 6.92 Å². The van der Waals surface area contributed by atoms with Gasteiger partial charge in [0.2, 0.25) is 11.9 Å². The lowest BCUT2D eigenvalue weighted by Crippen LogP contribution is -2.44. The molecule has 0 aromatic carbocycles. The second-order valence-corrected chi connectivity index (χ2v) is 7.22. The van der Waals surface area contributed by atoms with E-state index in [0.717, 1.165) is 35.3 Å². The molecule has 29 heavy (non-hydrogen) atoms. The predicted molar refractivity (Wildman–Crippen MR) is 109 cm³/mol. The predicted octanol–water partition coefficient (Wildman–Crippen LogP) is 2.80. The number of ether oxygens (including phenoxy) is 1. The molecule has 1 N–H and O–H groups in total. The molecular weight excluding hydrogens is 370 g/mol. The Morgan fingerprint density at radius 3 is 2.83 bits per heavy atom. The molecule has 1 fully saturated rings. The highest BCUT2D eigenvalue weighted by molar-refractivity contribution is 5.93. The molecule has 4 heterocycles. The largest absolute Gasteiger partial charge is 0.381 e. The van der Waals surface area contributed by atoms with Gasteiger partial charge in [-0.25, -0.2) is 14.5 Å². The molecular formula is C20H25N7O2. The standard InChI is InChI=1S/C20H25N7O2/c1-4-18(28)27(15-5-7-29-8-6-15)19-14(3)10-21-20(25-19)24-16-11-26-17(9-13(16)2)22-12-23-26/h9-12,15H,4-8H2,1-3H3,(H,21,24,25). The molecule has 0 saturated carbocycles. The fraction of sp³-hybridized carbons (Fsp3) is 0.450. The van der Waals surface area contributed by atoms with E-state index in [1.807, 2.05) is 37.9 Å². The van der Waals surface area contributed by atoms with Gasteiger partial charge < -0.3 is 10.1 Å². The molecule has 0 atom stereocenters. The third-order valence-corrected chi connectivity index (χ3v) is 5.17. The summed E-state index contributed by atoms with van der Waals surface area (Å²) in [6.07, 6.45) is 7.16. The highest BCUT2D eigenvalue weighted by Gasteiger charge is 2.28. The van der Waals surface area contributed by atoms with Crippen LogP contribution in [0.25, 0.3) is 5.65 Å². The SMILES string of the molecule is CCC(=O)N(c1nc(Nc2cn3ncnc3cc2C)ncc1C)C1CCOCC1. The van der Waals surface area contributed by atoms with Gasteiger partial charge in [0.05, 0.1) is 11.9 Å². The molecule has 0 aliphatic carbocycles. The van der Waals surface area contributed by atoms with Crippen molar-refractivity contribution in [3.63, 3.8) is 0 Å². The Labute approximate surface area is 169 Å². The minimum atomic E-state index is 0.0601. The van der Waals surface area contributed by atoms with Gasteiger partial charge in [-0.15, -0.1) is 0 Å². The smallest absolute Gasteiger partial charge is 0.229 e. The molecule has 9 heteroatoms. The van der Waals surface area contributed by atoms with Gasteiger partial charge in [0.25, 0.3) is 0 Å². The lowest BCUT2D eigenvalue weighted by molar-refractivity contribution is -0.119. The number of fused-ring (bicyclic) bond motifs is 1. The molecule has 3 aromatic heterocycles. The fourth-order valence-corrected chi connectivity index (χ4v) is 3.55. The number of carbonyl (C=O) groups excluding carboxylic acids is 1. The molecule has 152 valence electrons. The summed E-state index contributed by atoms with van der Waals surface area (Å²) >= 11 is 0. The van der Waals surface area contributed by atoms with E-state index in [1.165, 1.54) is 6.33 Å². The Balaban J connectivity index is 1.68. The van der Waals surface area contributed by atoms with E-state index in [-0.39, 0.29) is 11.9 Å². The summed E-state index contributed by atoms with van der Waals surface area (Å²) in [6, 6.07) is 2.03. The molecule has 3 aromatic rings. The number of anilines is 3. The van der Waals surface area contributed by atoms with Crippen LogP contribution in [0.4, 0.5) is 17.5 Å². The molecule has 1 aliphatic rings. The summed E-state index contributed by atoms with van der Waals surface area (Å²) in [4.78, 5) is 28.0. The van der Waals surface area contributed by atoms with E-state index in [4.69, 9.17) is 9.72 Å². The number of hydrogen-bond donors (Lipinski definition) is 1. The van der Waals surface area contributed by atoms with Gasteiger partial charge in [0.1, 0.15) is 12.1 Å². The number of rotatable bonds is 5.